The van der Waals surface area contributed by atoms with Crippen LogP contribution in [0.3, 0.4) is 0 Å². The normalized spacial score (nSPS) is 16.5. The van der Waals surface area contributed by atoms with Crippen molar-refractivity contribution in [2.24, 2.45) is 0 Å². The highest BCUT2D eigenvalue weighted by Gasteiger charge is 2.36. The Balaban J connectivity index is 1.76. The zero-order chi connectivity index (χ0) is 18.8. The summed E-state index contributed by atoms with van der Waals surface area (Å²) in [5.41, 5.74) is 0.345. The summed E-state index contributed by atoms with van der Waals surface area (Å²) in [6.07, 6.45) is 1.08. The van der Waals surface area contributed by atoms with Crippen molar-refractivity contribution in [3.8, 4) is 0 Å². The molecule has 2 amide bonds. The lowest BCUT2D eigenvalue weighted by Crippen LogP contribution is -2.43. The Hall–Kier alpha value is -2.58. The number of hydrogen-bond acceptors (Lipinski definition) is 5. The van der Waals surface area contributed by atoms with Crippen LogP contribution in [0.25, 0.3) is 0 Å². The smallest absolute Gasteiger partial charge is 0.395 e. The molecule has 1 aromatic heterocycles. The lowest BCUT2D eigenvalue weighted by Gasteiger charge is -2.23. The molecule has 1 N–H and O–H groups in total. The first-order valence-corrected chi connectivity index (χ1v) is 8.43. The standard InChI is InChI=1S/C16H13Cl2N3O5/c17-9-3-4-10(18)11(8-9)19-15(22)12-2-1-7-20(12)16(23)13-5-6-14(26-13)21(24)25/h3-6,8,12H,1-2,7H2,(H,19,22)/t12-/m0/s1. The van der Waals surface area contributed by atoms with Gasteiger partial charge in [-0.15, -0.1) is 0 Å². The molecule has 0 spiro atoms. The molecule has 1 aromatic carbocycles. The quantitative estimate of drug-likeness (QED) is 0.624. The monoisotopic (exact) mass is 397 g/mol. The van der Waals surface area contributed by atoms with E-state index in [1.54, 1.807) is 12.1 Å². The van der Waals surface area contributed by atoms with Crippen molar-refractivity contribution in [1.29, 1.82) is 0 Å². The molecule has 2 heterocycles. The molecule has 0 radical (unpaired) electrons. The molecule has 3 rings (SSSR count). The molecule has 1 saturated heterocycles. The lowest BCUT2D eigenvalue weighted by molar-refractivity contribution is -0.402. The highest BCUT2D eigenvalue weighted by molar-refractivity contribution is 6.35. The van der Waals surface area contributed by atoms with Gasteiger partial charge in [0.25, 0.3) is 5.91 Å². The molecular formula is C16H13Cl2N3O5. The van der Waals surface area contributed by atoms with Crippen molar-refractivity contribution in [3.63, 3.8) is 0 Å². The van der Waals surface area contributed by atoms with E-state index in [2.05, 4.69) is 5.32 Å². The number of rotatable bonds is 4. The van der Waals surface area contributed by atoms with Crippen molar-refractivity contribution < 1.29 is 18.9 Å². The third kappa shape index (κ3) is 3.66. The average molecular weight is 398 g/mol. The minimum absolute atomic E-state index is 0.183. The van der Waals surface area contributed by atoms with E-state index >= 15 is 0 Å². The van der Waals surface area contributed by atoms with E-state index in [1.165, 1.54) is 17.0 Å². The fraction of sp³-hybridized carbons (Fsp3) is 0.250. The molecule has 26 heavy (non-hydrogen) atoms. The van der Waals surface area contributed by atoms with Crippen molar-refractivity contribution in [3.05, 3.63) is 56.3 Å². The van der Waals surface area contributed by atoms with E-state index in [0.717, 1.165) is 6.07 Å². The van der Waals surface area contributed by atoms with E-state index in [4.69, 9.17) is 27.6 Å². The summed E-state index contributed by atoms with van der Waals surface area (Å²) in [5, 5.41) is 14.1. The third-order valence-electron chi connectivity index (χ3n) is 3.99. The number of halogens is 2. The fourth-order valence-electron chi connectivity index (χ4n) is 2.77. The number of benzene rings is 1. The Bertz CT molecular complexity index is 883. The molecule has 1 aliphatic rings. The summed E-state index contributed by atoms with van der Waals surface area (Å²) in [7, 11) is 0. The van der Waals surface area contributed by atoms with Crippen molar-refractivity contribution in [2.75, 3.05) is 11.9 Å². The number of carbonyl (C=O) groups excluding carboxylic acids is 2. The number of furan rings is 1. The van der Waals surface area contributed by atoms with E-state index in [1.807, 2.05) is 0 Å². The second kappa shape index (κ2) is 7.35. The van der Waals surface area contributed by atoms with Gasteiger partial charge in [0, 0.05) is 11.6 Å². The fourth-order valence-corrected chi connectivity index (χ4v) is 3.11. The number of carbonyl (C=O) groups is 2. The first kappa shape index (κ1) is 18.2. The van der Waals surface area contributed by atoms with Crippen LogP contribution in [-0.2, 0) is 4.79 Å². The summed E-state index contributed by atoms with van der Waals surface area (Å²) in [4.78, 5) is 36.4. The maximum absolute atomic E-state index is 12.6. The molecule has 1 atom stereocenters. The van der Waals surface area contributed by atoms with Crippen LogP contribution >= 0.6 is 23.2 Å². The zero-order valence-electron chi connectivity index (χ0n) is 13.3. The van der Waals surface area contributed by atoms with Gasteiger partial charge in [-0.1, -0.05) is 23.2 Å². The predicted molar refractivity (Wildman–Crippen MR) is 94.5 cm³/mol. The summed E-state index contributed by atoms with van der Waals surface area (Å²) < 4.78 is 4.94. The van der Waals surface area contributed by atoms with Crippen LogP contribution in [0.2, 0.25) is 10.0 Å². The largest absolute Gasteiger partial charge is 0.433 e. The van der Waals surface area contributed by atoms with Gasteiger partial charge < -0.3 is 14.6 Å². The van der Waals surface area contributed by atoms with Crippen LogP contribution in [0, 0.1) is 10.1 Å². The summed E-state index contributed by atoms with van der Waals surface area (Å²) in [6.45, 7) is 0.342. The summed E-state index contributed by atoms with van der Waals surface area (Å²) in [6, 6.07) is 6.25. The number of amides is 2. The average Bonchev–Trinajstić information content (AvgIpc) is 3.26. The number of hydrogen-bond donors (Lipinski definition) is 1. The topological polar surface area (TPSA) is 106 Å². The predicted octanol–water partition coefficient (Wildman–Crippen LogP) is 3.74. The number of nitrogens with zero attached hydrogens (tertiary/aromatic N) is 2. The Kier molecular flexibility index (Phi) is 5.15. The number of nitro groups is 1. The van der Waals surface area contributed by atoms with Gasteiger partial charge in [-0.2, -0.15) is 0 Å². The van der Waals surface area contributed by atoms with Gasteiger partial charge in [0.05, 0.1) is 16.8 Å². The maximum atomic E-state index is 12.6. The van der Waals surface area contributed by atoms with Crippen molar-refractivity contribution >= 4 is 46.6 Å². The van der Waals surface area contributed by atoms with E-state index in [-0.39, 0.29) is 5.76 Å². The van der Waals surface area contributed by atoms with Gasteiger partial charge >= 0.3 is 5.88 Å². The molecule has 0 aliphatic carbocycles. The second-order valence-corrected chi connectivity index (χ2v) is 6.51. The van der Waals surface area contributed by atoms with E-state index in [0.29, 0.717) is 35.1 Å². The first-order chi connectivity index (χ1) is 12.4. The van der Waals surface area contributed by atoms with Crippen LogP contribution in [-0.4, -0.2) is 34.2 Å². The highest BCUT2D eigenvalue weighted by atomic mass is 35.5. The minimum atomic E-state index is -0.735. The summed E-state index contributed by atoms with van der Waals surface area (Å²) >= 11 is 11.9. The van der Waals surface area contributed by atoms with Crippen LogP contribution in [0.15, 0.2) is 34.7 Å². The molecule has 1 fully saturated rings. The molecule has 1 aliphatic heterocycles. The number of anilines is 1. The molecule has 2 aromatic rings. The highest BCUT2D eigenvalue weighted by Crippen LogP contribution is 2.28. The maximum Gasteiger partial charge on any atom is 0.433 e. The van der Waals surface area contributed by atoms with Crippen molar-refractivity contribution in [2.45, 2.75) is 18.9 Å². The number of nitrogens with one attached hydrogen (secondary N) is 1. The Morgan fingerprint density at radius 1 is 1.27 bits per heavy atom. The Labute approximate surface area is 157 Å². The van der Waals surface area contributed by atoms with Crippen LogP contribution in [0.1, 0.15) is 23.4 Å². The molecule has 0 bridgehead atoms. The molecule has 8 nitrogen and oxygen atoms in total. The van der Waals surface area contributed by atoms with E-state index < -0.39 is 28.7 Å². The SMILES string of the molecule is O=C(Nc1cc(Cl)ccc1Cl)[C@@H]1CCCN1C(=O)c1ccc([N+](=O)[O-])o1. The Morgan fingerprint density at radius 2 is 2.04 bits per heavy atom. The molecule has 0 saturated carbocycles. The van der Waals surface area contributed by atoms with Crippen LogP contribution in [0.5, 0.6) is 0 Å². The van der Waals surface area contributed by atoms with Gasteiger partial charge in [-0.25, -0.2) is 0 Å². The first-order valence-electron chi connectivity index (χ1n) is 7.68. The van der Waals surface area contributed by atoms with Gasteiger partial charge in [0.2, 0.25) is 5.91 Å². The lowest BCUT2D eigenvalue weighted by atomic mass is 10.2. The molecule has 10 heteroatoms. The minimum Gasteiger partial charge on any atom is -0.395 e. The van der Waals surface area contributed by atoms with Crippen LogP contribution in [0.4, 0.5) is 11.6 Å². The van der Waals surface area contributed by atoms with Gasteiger partial charge in [-0.3, -0.25) is 19.7 Å². The summed E-state index contributed by atoms with van der Waals surface area (Å²) in [5.74, 6) is -1.70. The van der Waals surface area contributed by atoms with Gasteiger partial charge in [0.15, 0.2) is 5.76 Å². The molecule has 0 unspecified atom stereocenters. The number of likely N-dealkylation sites (tertiary alicyclic amines) is 1. The zero-order valence-corrected chi connectivity index (χ0v) is 14.8. The second-order valence-electron chi connectivity index (χ2n) is 5.66. The molecular weight excluding hydrogens is 385 g/mol. The Morgan fingerprint density at radius 3 is 2.73 bits per heavy atom. The van der Waals surface area contributed by atoms with Gasteiger partial charge in [0.1, 0.15) is 11.0 Å². The van der Waals surface area contributed by atoms with Gasteiger partial charge in [-0.05, 0) is 37.1 Å². The molecule has 136 valence electrons. The van der Waals surface area contributed by atoms with Crippen LogP contribution < -0.4 is 5.32 Å². The van der Waals surface area contributed by atoms with E-state index in [9.17, 15) is 19.7 Å². The third-order valence-corrected chi connectivity index (χ3v) is 4.55. The van der Waals surface area contributed by atoms with Crippen molar-refractivity contribution in [1.82, 2.24) is 4.90 Å².